The number of nitrogens with one attached hydrogen (secondary N) is 1. The number of imidazole rings is 1. The lowest BCUT2D eigenvalue weighted by Crippen LogP contribution is -2.30. The standard InChI is InChI=1S/C17H27N3/c1-13(2)6-5-7-14(3)8-10-20-11-9-16-17(12-20)19-15(4)18-16/h6,8H,5,7,9-12H2,1-4H3,(H,18,19)/b14-8+. The van der Waals surface area contributed by atoms with Gasteiger partial charge in [-0.25, -0.2) is 4.98 Å². The summed E-state index contributed by atoms with van der Waals surface area (Å²) in [5.74, 6) is 1.05. The molecule has 1 aromatic rings. The van der Waals surface area contributed by atoms with Crippen LogP contribution in [0, 0.1) is 6.92 Å². The number of allylic oxidation sites excluding steroid dienone is 3. The second kappa shape index (κ2) is 6.89. The third-order valence-electron chi connectivity index (χ3n) is 3.82. The van der Waals surface area contributed by atoms with Gasteiger partial charge in [-0.1, -0.05) is 23.3 Å². The summed E-state index contributed by atoms with van der Waals surface area (Å²) in [5.41, 5.74) is 5.48. The summed E-state index contributed by atoms with van der Waals surface area (Å²) < 4.78 is 0. The largest absolute Gasteiger partial charge is 0.345 e. The molecule has 0 bridgehead atoms. The van der Waals surface area contributed by atoms with Crippen LogP contribution in [0.25, 0.3) is 0 Å². The number of aromatic nitrogens is 2. The SMILES string of the molecule is CC(C)=CCC/C(C)=C/CN1CCc2nc(C)[nH]c2C1. The third-order valence-corrected chi connectivity index (χ3v) is 3.82. The highest BCUT2D eigenvalue weighted by atomic mass is 15.1. The molecule has 0 aromatic carbocycles. The fourth-order valence-corrected chi connectivity index (χ4v) is 2.62. The van der Waals surface area contributed by atoms with E-state index in [1.165, 1.54) is 29.0 Å². The van der Waals surface area contributed by atoms with Crippen LogP contribution in [-0.4, -0.2) is 28.0 Å². The molecular formula is C17H27N3. The third kappa shape index (κ3) is 4.34. The molecule has 0 atom stereocenters. The molecule has 0 unspecified atom stereocenters. The number of H-pyrrole nitrogens is 1. The quantitative estimate of drug-likeness (QED) is 0.828. The molecule has 0 saturated carbocycles. The van der Waals surface area contributed by atoms with Gasteiger partial charge >= 0.3 is 0 Å². The number of aromatic amines is 1. The van der Waals surface area contributed by atoms with E-state index in [1.54, 1.807) is 0 Å². The Morgan fingerprint density at radius 2 is 2.10 bits per heavy atom. The monoisotopic (exact) mass is 273 g/mol. The van der Waals surface area contributed by atoms with Crippen LogP contribution in [0.2, 0.25) is 0 Å². The molecule has 0 amide bonds. The fraction of sp³-hybridized carbons (Fsp3) is 0.588. The Bertz CT molecular complexity index is 504. The molecule has 0 aliphatic carbocycles. The van der Waals surface area contributed by atoms with Crippen LogP contribution in [0.15, 0.2) is 23.3 Å². The first kappa shape index (κ1) is 15.0. The van der Waals surface area contributed by atoms with Gasteiger partial charge in [-0.2, -0.15) is 0 Å². The highest BCUT2D eigenvalue weighted by Crippen LogP contribution is 2.16. The number of hydrogen-bond acceptors (Lipinski definition) is 2. The fourth-order valence-electron chi connectivity index (χ4n) is 2.62. The minimum Gasteiger partial charge on any atom is -0.345 e. The summed E-state index contributed by atoms with van der Waals surface area (Å²) >= 11 is 0. The second-order valence-electron chi connectivity index (χ2n) is 6.10. The van der Waals surface area contributed by atoms with Gasteiger partial charge in [0.1, 0.15) is 5.82 Å². The van der Waals surface area contributed by atoms with Crippen LogP contribution in [-0.2, 0) is 13.0 Å². The average Bonchev–Trinajstić information content (AvgIpc) is 2.75. The van der Waals surface area contributed by atoms with Crippen LogP contribution in [0.3, 0.4) is 0 Å². The Morgan fingerprint density at radius 3 is 2.85 bits per heavy atom. The van der Waals surface area contributed by atoms with Crippen LogP contribution in [0.1, 0.15) is 50.8 Å². The Balaban J connectivity index is 1.81. The summed E-state index contributed by atoms with van der Waals surface area (Å²) in [7, 11) is 0. The van der Waals surface area contributed by atoms with Crippen molar-refractivity contribution in [3.63, 3.8) is 0 Å². The molecule has 0 spiro atoms. The normalized spacial score (nSPS) is 16.1. The average molecular weight is 273 g/mol. The van der Waals surface area contributed by atoms with E-state index < -0.39 is 0 Å². The molecule has 0 saturated heterocycles. The number of fused-ring (bicyclic) bond motifs is 1. The van der Waals surface area contributed by atoms with Crippen molar-refractivity contribution in [1.29, 1.82) is 0 Å². The minimum atomic E-state index is 1.01. The zero-order valence-electron chi connectivity index (χ0n) is 13.3. The van der Waals surface area contributed by atoms with Gasteiger partial charge in [-0.05, 0) is 40.5 Å². The van der Waals surface area contributed by atoms with Gasteiger partial charge in [0.05, 0.1) is 11.4 Å². The molecule has 0 radical (unpaired) electrons. The molecular weight excluding hydrogens is 246 g/mol. The molecule has 3 nitrogen and oxygen atoms in total. The van der Waals surface area contributed by atoms with Crippen LogP contribution < -0.4 is 0 Å². The maximum atomic E-state index is 4.53. The van der Waals surface area contributed by atoms with Crippen LogP contribution >= 0.6 is 0 Å². The maximum Gasteiger partial charge on any atom is 0.103 e. The molecule has 1 aliphatic heterocycles. The van der Waals surface area contributed by atoms with Crippen molar-refractivity contribution in [3.05, 3.63) is 40.5 Å². The van der Waals surface area contributed by atoms with Gasteiger partial charge in [0.15, 0.2) is 0 Å². The highest BCUT2D eigenvalue weighted by molar-refractivity contribution is 5.17. The molecule has 1 N–H and O–H groups in total. The summed E-state index contributed by atoms with van der Waals surface area (Å²) in [6.45, 7) is 11.8. The molecule has 2 rings (SSSR count). The van der Waals surface area contributed by atoms with E-state index in [4.69, 9.17) is 0 Å². The molecule has 20 heavy (non-hydrogen) atoms. The number of hydrogen-bond donors (Lipinski definition) is 1. The lowest BCUT2D eigenvalue weighted by atomic mass is 10.1. The van der Waals surface area contributed by atoms with Crippen molar-refractivity contribution < 1.29 is 0 Å². The smallest absolute Gasteiger partial charge is 0.103 e. The number of nitrogens with zero attached hydrogens (tertiary/aromatic N) is 2. The maximum absolute atomic E-state index is 4.53. The van der Waals surface area contributed by atoms with Gasteiger partial charge in [0.25, 0.3) is 0 Å². The first-order valence-electron chi connectivity index (χ1n) is 7.60. The Morgan fingerprint density at radius 1 is 1.30 bits per heavy atom. The van der Waals surface area contributed by atoms with Crippen molar-refractivity contribution in [2.75, 3.05) is 13.1 Å². The zero-order chi connectivity index (χ0) is 14.5. The molecule has 2 heterocycles. The predicted molar refractivity (Wildman–Crippen MR) is 84.7 cm³/mol. The summed E-state index contributed by atoms with van der Waals surface area (Å²) in [6, 6.07) is 0. The van der Waals surface area contributed by atoms with Crippen molar-refractivity contribution in [2.24, 2.45) is 0 Å². The van der Waals surface area contributed by atoms with Gasteiger partial charge in [-0.15, -0.1) is 0 Å². The summed E-state index contributed by atoms with van der Waals surface area (Å²) in [6.07, 6.45) is 8.11. The van der Waals surface area contributed by atoms with E-state index in [2.05, 4.69) is 47.8 Å². The van der Waals surface area contributed by atoms with E-state index in [1.807, 2.05) is 6.92 Å². The van der Waals surface area contributed by atoms with Crippen molar-refractivity contribution in [3.8, 4) is 0 Å². The number of aryl methyl sites for hydroxylation is 1. The molecule has 110 valence electrons. The van der Waals surface area contributed by atoms with E-state index in [0.717, 1.165) is 38.3 Å². The van der Waals surface area contributed by atoms with Gasteiger partial charge < -0.3 is 4.98 Å². The van der Waals surface area contributed by atoms with E-state index in [-0.39, 0.29) is 0 Å². The highest BCUT2D eigenvalue weighted by Gasteiger charge is 2.18. The molecule has 0 fully saturated rings. The Kier molecular flexibility index (Phi) is 5.18. The van der Waals surface area contributed by atoms with Crippen molar-refractivity contribution >= 4 is 0 Å². The van der Waals surface area contributed by atoms with Gasteiger partial charge in [0, 0.05) is 26.1 Å². The molecule has 1 aliphatic rings. The summed E-state index contributed by atoms with van der Waals surface area (Å²) in [4.78, 5) is 10.4. The first-order chi connectivity index (χ1) is 9.54. The Hall–Kier alpha value is -1.35. The molecule has 1 aromatic heterocycles. The number of rotatable bonds is 5. The lowest BCUT2D eigenvalue weighted by Gasteiger charge is -2.24. The van der Waals surface area contributed by atoms with Crippen molar-refractivity contribution in [2.45, 2.75) is 53.5 Å². The van der Waals surface area contributed by atoms with E-state index in [9.17, 15) is 0 Å². The lowest BCUT2D eigenvalue weighted by molar-refractivity contribution is 0.276. The second-order valence-corrected chi connectivity index (χ2v) is 6.10. The molecule has 3 heteroatoms. The predicted octanol–water partition coefficient (Wildman–Crippen LogP) is 3.77. The van der Waals surface area contributed by atoms with E-state index in [0.29, 0.717) is 0 Å². The van der Waals surface area contributed by atoms with Crippen LogP contribution in [0.5, 0.6) is 0 Å². The van der Waals surface area contributed by atoms with E-state index >= 15 is 0 Å². The summed E-state index contributed by atoms with van der Waals surface area (Å²) in [5, 5.41) is 0. The van der Waals surface area contributed by atoms with Crippen LogP contribution in [0.4, 0.5) is 0 Å². The Labute approximate surface area is 122 Å². The first-order valence-corrected chi connectivity index (χ1v) is 7.60. The van der Waals surface area contributed by atoms with Gasteiger partial charge in [0.2, 0.25) is 0 Å². The van der Waals surface area contributed by atoms with Crippen molar-refractivity contribution in [1.82, 2.24) is 14.9 Å². The van der Waals surface area contributed by atoms with Gasteiger partial charge in [-0.3, -0.25) is 4.90 Å². The zero-order valence-corrected chi connectivity index (χ0v) is 13.3. The topological polar surface area (TPSA) is 31.9 Å². The minimum absolute atomic E-state index is 1.01.